The van der Waals surface area contributed by atoms with Crippen LogP contribution in [0.4, 0.5) is 14.9 Å². The molecular formula is C16H23FN2O3. The van der Waals surface area contributed by atoms with Crippen LogP contribution in [-0.2, 0) is 0 Å². The molecule has 1 aromatic carbocycles. The molecule has 1 aliphatic carbocycles. The van der Waals surface area contributed by atoms with Crippen molar-refractivity contribution < 1.29 is 19.0 Å². The van der Waals surface area contributed by atoms with Gasteiger partial charge in [-0.15, -0.1) is 0 Å². The van der Waals surface area contributed by atoms with Crippen molar-refractivity contribution in [1.29, 1.82) is 0 Å². The third-order valence-electron chi connectivity index (χ3n) is 3.77. The van der Waals surface area contributed by atoms with Crippen LogP contribution >= 0.6 is 0 Å². The molecule has 2 atom stereocenters. The molecule has 0 spiro atoms. The van der Waals surface area contributed by atoms with Crippen LogP contribution in [-0.4, -0.2) is 29.9 Å². The molecule has 122 valence electrons. The number of carbonyl (C=O) groups excluding carboxylic acids is 1. The maximum Gasteiger partial charge on any atom is 0.319 e. The number of hydrogen-bond acceptors (Lipinski definition) is 3. The van der Waals surface area contributed by atoms with Crippen LogP contribution in [0.25, 0.3) is 0 Å². The topological polar surface area (TPSA) is 70.6 Å². The molecule has 5 nitrogen and oxygen atoms in total. The first-order valence-electron chi connectivity index (χ1n) is 7.64. The summed E-state index contributed by atoms with van der Waals surface area (Å²) in [7, 11) is 0. The quantitative estimate of drug-likeness (QED) is 0.783. The summed E-state index contributed by atoms with van der Waals surface area (Å²) < 4.78 is 19.3. The van der Waals surface area contributed by atoms with Gasteiger partial charge in [-0.2, -0.15) is 0 Å². The van der Waals surface area contributed by atoms with Gasteiger partial charge < -0.3 is 20.5 Å². The predicted molar refractivity (Wildman–Crippen MR) is 82.5 cm³/mol. The van der Waals surface area contributed by atoms with Gasteiger partial charge in [0.1, 0.15) is 11.6 Å². The minimum absolute atomic E-state index is 0.0423. The molecule has 2 rings (SSSR count). The zero-order valence-electron chi connectivity index (χ0n) is 12.9. The number of hydrogen-bond donors (Lipinski definition) is 3. The number of ether oxygens (including phenoxy) is 1. The average Bonchev–Trinajstić information content (AvgIpc) is 2.88. The molecule has 1 fully saturated rings. The molecule has 0 aliphatic heterocycles. The number of amides is 2. The van der Waals surface area contributed by atoms with Gasteiger partial charge in [-0.1, -0.05) is 6.42 Å². The summed E-state index contributed by atoms with van der Waals surface area (Å²) in [6, 6.07) is 3.83. The number of benzene rings is 1. The molecule has 0 unspecified atom stereocenters. The van der Waals surface area contributed by atoms with Crippen molar-refractivity contribution in [2.75, 3.05) is 11.9 Å². The normalized spacial score (nSPS) is 21.0. The Morgan fingerprint density at radius 2 is 2.23 bits per heavy atom. The first-order valence-corrected chi connectivity index (χ1v) is 7.64. The zero-order valence-corrected chi connectivity index (χ0v) is 12.9. The fourth-order valence-corrected chi connectivity index (χ4v) is 2.71. The number of anilines is 1. The van der Waals surface area contributed by atoms with Crippen LogP contribution in [0.2, 0.25) is 0 Å². The van der Waals surface area contributed by atoms with Crippen LogP contribution in [0.15, 0.2) is 18.2 Å². The van der Waals surface area contributed by atoms with E-state index in [9.17, 15) is 14.3 Å². The largest absolute Gasteiger partial charge is 0.491 e. The van der Waals surface area contributed by atoms with E-state index in [2.05, 4.69) is 10.6 Å². The summed E-state index contributed by atoms with van der Waals surface area (Å²) in [5, 5.41) is 14.5. The van der Waals surface area contributed by atoms with Gasteiger partial charge >= 0.3 is 6.03 Å². The van der Waals surface area contributed by atoms with Crippen molar-refractivity contribution in [1.82, 2.24) is 5.32 Å². The summed E-state index contributed by atoms with van der Waals surface area (Å²) in [5.74, 6) is -0.0366. The Morgan fingerprint density at radius 1 is 1.45 bits per heavy atom. The number of aliphatic hydroxyl groups is 1. The Kier molecular flexibility index (Phi) is 5.60. The molecule has 2 amide bonds. The fraction of sp³-hybridized carbons (Fsp3) is 0.562. The van der Waals surface area contributed by atoms with E-state index in [-0.39, 0.29) is 30.4 Å². The van der Waals surface area contributed by atoms with Crippen molar-refractivity contribution in [3.63, 3.8) is 0 Å². The van der Waals surface area contributed by atoms with Crippen molar-refractivity contribution in [2.24, 2.45) is 5.92 Å². The van der Waals surface area contributed by atoms with Crippen molar-refractivity contribution in [3.8, 4) is 5.75 Å². The first kappa shape index (κ1) is 16.5. The Hall–Kier alpha value is -1.82. The van der Waals surface area contributed by atoms with Gasteiger partial charge in [0, 0.05) is 24.6 Å². The minimum Gasteiger partial charge on any atom is -0.491 e. The highest BCUT2D eigenvalue weighted by Gasteiger charge is 2.27. The lowest BCUT2D eigenvalue weighted by Gasteiger charge is -2.19. The summed E-state index contributed by atoms with van der Waals surface area (Å²) in [6.45, 7) is 3.77. The lowest BCUT2D eigenvalue weighted by molar-refractivity contribution is 0.203. The van der Waals surface area contributed by atoms with E-state index < -0.39 is 11.8 Å². The summed E-state index contributed by atoms with van der Waals surface area (Å²) in [4.78, 5) is 11.9. The van der Waals surface area contributed by atoms with E-state index in [0.29, 0.717) is 5.75 Å². The number of nitrogens with one attached hydrogen (secondary N) is 2. The highest BCUT2D eigenvalue weighted by atomic mass is 19.1. The number of aliphatic hydroxyl groups excluding tert-OH is 1. The van der Waals surface area contributed by atoms with Crippen molar-refractivity contribution in [3.05, 3.63) is 24.0 Å². The molecule has 3 N–H and O–H groups in total. The highest BCUT2D eigenvalue weighted by molar-refractivity contribution is 5.89. The number of halogens is 1. The van der Waals surface area contributed by atoms with Crippen LogP contribution in [0.3, 0.4) is 0 Å². The SMILES string of the molecule is CC(C)Oc1ccc(NC(=O)N[C@@H]2CCC[C@H]2CO)c(F)c1. The maximum atomic E-state index is 14.0. The molecule has 22 heavy (non-hydrogen) atoms. The van der Waals surface area contributed by atoms with Gasteiger partial charge in [0.2, 0.25) is 0 Å². The van der Waals surface area contributed by atoms with Gasteiger partial charge in [0.25, 0.3) is 0 Å². The van der Waals surface area contributed by atoms with E-state index in [1.165, 1.54) is 12.1 Å². The molecule has 1 saturated carbocycles. The van der Waals surface area contributed by atoms with Crippen molar-refractivity contribution in [2.45, 2.75) is 45.3 Å². The van der Waals surface area contributed by atoms with Crippen LogP contribution in [0.5, 0.6) is 5.75 Å². The van der Waals surface area contributed by atoms with Gasteiger partial charge in [0.15, 0.2) is 0 Å². The molecule has 1 aliphatic rings. The van der Waals surface area contributed by atoms with Gasteiger partial charge in [-0.3, -0.25) is 0 Å². The molecule has 6 heteroatoms. The van der Waals surface area contributed by atoms with Gasteiger partial charge in [0.05, 0.1) is 11.8 Å². The van der Waals surface area contributed by atoms with Crippen LogP contribution < -0.4 is 15.4 Å². The third-order valence-corrected chi connectivity index (χ3v) is 3.77. The second-order valence-electron chi connectivity index (χ2n) is 5.89. The fourth-order valence-electron chi connectivity index (χ4n) is 2.71. The monoisotopic (exact) mass is 310 g/mol. The van der Waals surface area contributed by atoms with Gasteiger partial charge in [-0.25, -0.2) is 9.18 Å². The Labute approximate surface area is 129 Å². The van der Waals surface area contributed by atoms with Crippen molar-refractivity contribution >= 4 is 11.7 Å². The smallest absolute Gasteiger partial charge is 0.319 e. The zero-order chi connectivity index (χ0) is 16.1. The van der Waals surface area contributed by atoms with Crippen LogP contribution in [0, 0.1) is 11.7 Å². The Balaban J connectivity index is 1.94. The van der Waals surface area contributed by atoms with E-state index in [1.54, 1.807) is 6.07 Å². The molecular weight excluding hydrogens is 287 g/mol. The Bertz CT molecular complexity index is 522. The second kappa shape index (κ2) is 7.45. The van der Waals surface area contributed by atoms with E-state index in [4.69, 9.17) is 4.74 Å². The summed E-state index contributed by atoms with van der Waals surface area (Å²) in [6.07, 6.45) is 2.67. The molecule has 0 heterocycles. The highest BCUT2D eigenvalue weighted by Crippen LogP contribution is 2.25. The molecule has 0 bridgehead atoms. The second-order valence-corrected chi connectivity index (χ2v) is 5.89. The third kappa shape index (κ3) is 4.34. The first-order chi connectivity index (χ1) is 10.5. The predicted octanol–water partition coefficient (Wildman–Crippen LogP) is 2.90. The molecule has 0 saturated heterocycles. The lowest BCUT2D eigenvalue weighted by atomic mass is 10.1. The molecule has 1 aromatic rings. The summed E-state index contributed by atoms with van der Waals surface area (Å²) >= 11 is 0. The standard InChI is InChI=1S/C16H23FN2O3/c1-10(2)22-12-6-7-15(13(17)8-12)19-16(21)18-14-5-3-4-11(14)9-20/h6-8,10-11,14,20H,3-5,9H2,1-2H3,(H2,18,19,21)/t11-,14+/m0/s1. The number of urea groups is 1. The number of rotatable bonds is 5. The Morgan fingerprint density at radius 3 is 2.86 bits per heavy atom. The minimum atomic E-state index is -0.543. The summed E-state index contributed by atoms with van der Waals surface area (Å²) in [5.41, 5.74) is 0.104. The van der Waals surface area contributed by atoms with Gasteiger partial charge in [-0.05, 0) is 38.8 Å². The van der Waals surface area contributed by atoms with E-state index >= 15 is 0 Å². The molecule has 0 aromatic heterocycles. The molecule has 0 radical (unpaired) electrons. The lowest BCUT2D eigenvalue weighted by Crippen LogP contribution is -2.41. The van der Waals surface area contributed by atoms with E-state index in [0.717, 1.165) is 19.3 Å². The average molecular weight is 310 g/mol. The maximum absolute atomic E-state index is 14.0. The van der Waals surface area contributed by atoms with E-state index in [1.807, 2.05) is 13.8 Å². The van der Waals surface area contributed by atoms with Crippen LogP contribution in [0.1, 0.15) is 33.1 Å². The number of carbonyl (C=O) groups is 1.